The third kappa shape index (κ3) is 3.65. The maximum Gasteiger partial charge on any atom is 0.0223 e. The van der Waals surface area contributed by atoms with Crippen LogP contribution in [0.5, 0.6) is 0 Å². The molecule has 0 radical (unpaired) electrons. The highest BCUT2D eigenvalue weighted by Crippen LogP contribution is 2.28. The van der Waals surface area contributed by atoms with Gasteiger partial charge in [-0.25, -0.2) is 0 Å². The Hall–Kier alpha value is -0.0800. The summed E-state index contributed by atoms with van der Waals surface area (Å²) in [6.45, 7) is 7.42. The van der Waals surface area contributed by atoms with Crippen molar-refractivity contribution in [2.75, 3.05) is 6.54 Å². The summed E-state index contributed by atoms with van der Waals surface area (Å²) < 4.78 is 0. The second kappa shape index (κ2) is 4.43. The summed E-state index contributed by atoms with van der Waals surface area (Å²) in [5, 5.41) is 3.62. The minimum Gasteiger partial charge on any atom is -0.329 e. The lowest BCUT2D eigenvalue weighted by Crippen LogP contribution is -2.50. The highest BCUT2D eigenvalue weighted by Gasteiger charge is 2.26. The van der Waals surface area contributed by atoms with E-state index in [-0.39, 0.29) is 5.54 Å². The van der Waals surface area contributed by atoms with Crippen LogP contribution < -0.4 is 11.1 Å². The Morgan fingerprint density at radius 2 is 1.85 bits per heavy atom. The molecule has 1 aliphatic rings. The lowest BCUT2D eigenvalue weighted by atomic mass is 9.95. The molecule has 0 bridgehead atoms. The lowest BCUT2D eigenvalue weighted by Gasteiger charge is -2.31. The van der Waals surface area contributed by atoms with Gasteiger partial charge in [0.2, 0.25) is 0 Å². The van der Waals surface area contributed by atoms with Gasteiger partial charge in [0.1, 0.15) is 0 Å². The Bertz CT molecular complexity index is 143. The highest BCUT2D eigenvalue weighted by molar-refractivity contribution is 4.86. The van der Waals surface area contributed by atoms with Crippen LogP contribution in [0, 0.1) is 5.92 Å². The van der Waals surface area contributed by atoms with Gasteiger partial charge in [-0.2, -0.15) is 0 Å². The molecule has 0 aromatic carbocycles. The molecule has 0 aromatic rings. The molecule has 1 atom stereocenters. The molecule has 0 amide bonds. The van der Waals surface area contributed by atoms with Crippen molar-refractivity contribution in [3.63, 3.8) is 0 Å². The molecule has 2 heteroatoms. The molecule has 3 N–H and O–H groups in total. The van der Waals surface area contributed by atoms with Gasteiger partial charge in [0.15, 0.2) is 0 Å². The van der Waals surface area contributed by atoms with Crippen LogP contribution in [0.1, 0.15) is 46.5 Å². The van der Waals surface area contributed by atoms with Crippen LogP contribution >= 0.6 is 0 Å². The number of nitrogens with one attached hydrogen (secondary N) is 1. The first-order chi connectivity index (χ1) is 6.03. The molecular formula is C11H24N2. The van der Waals surface area contributed by atoms with Crippen molar-refractivity contribution in [3.8, 4) is 0 Å². The van der Waals surface area contributed by atoms with E-state index in [1.54, 1.807) is 0 Å². The van der Waals surface area contributed by atoms with Crippen molar-refractivity contribution in [1.82, 2.24) is 5.32 Å². The Morgan fingerprint density at radius 1 is 1.31 bits per heavy atom. The van der Waals surface area contributed by atoms with E-state index in [1.165, 1.54) is 25.7 Å². The van der Waals surface area contributed by atoms with Gasteiger partial charge in [-0.3, -0.25) is 0 Å². The molecular weight excluding hydrogens is 160 g/mol. The van der Waals surface area contributed by atoms with Crippen LogP contribution in [0.25, 0.3) is 0 Å². The average molecular weight is 184 g/mol. The summed E-state index contributed by atoms with van der Waals surface area (Å²) in [7, 11) is 0. The van der Waals surface area contributed by atoms with Crippen LogP contribution in [0.2, 0.25) is 0 Å². The van der Waals surface area contributed by atoms with Crippen LogP contribution in [-0.4, -0.2) is 18.1 Å². The molecule has 13 heavy (non-hydrogen) atoms. The van der Waals surface area contributed by atoms with Crippen molar-refractivity contribution < 1.29 is 0 Å². The topological polar surface area (TPSA) is 38.0 Å². The monoisotopic (exact) mass is 184 g/mol. The van der Waals surface area contributed by atoms with Crippen LogP contribution in [0.15, 0.2) is 0 Å². The van der Waals surface area contributed by atoms with E-state index < -0.39 is 0 Å². The minimum absolute atomic E-state index is 0.201. The number of nitrogens with two attached hydrogens (primary N) is 1. The molecule has 2 nitrogen and oxygen atoms in total. The molecule has 1 unspecified atom stereocenters. The zero-order chi connectivity index (χ0) is 9.90. The fraction of sp³-hybridized carbons (Fsp3) is 1.00. The van der Waals surface area contributed by atoms with E-state index in [1.807, 2.05) is 0 Å². The first-order valence-corrected chi connectivity index (χ1v) is 5.51. The number of hydrogen-bond donors (Lipinski definition) is 2. The smallest absolute Gasteiger partial charge is 0.0223 e. The Kier molecular flexibility index (Phi) is 3.74. The normalized spacial score (nSPS) is 22.2. The fourth-order valence-electron chi connectivity index (χ4n) is 2.29. The number of rotatable bonds is 3. The van der Waals surface area contributed by atoms with Crippen molar-refractivity contribution in [2.24, 2.45) is 11.7 Å². The van der Waals surface area contributed by atoms with Crippen LogP contribution in [0.3, 0.4) is 0 Å². The van der Waals surface area contributed by atoms with Gasteiger partial charge in [0.25, 0.3) is 0 Å². The zero-order valence-electron chi connectivity index (χ0n) is 9.27. The summed E-state index contributed by atoms with van der Waals surface area (Å²) in [6, 6.07) is 0.530. The molecule has 0 heterocycles. The largest absolute Gasteiger partial charge is 0.329 e. The van der Waals surface area contributed by atoms with Gasteiger partial charge in [0.05, 0.1) is 0 Å². The van der Waals surface area contributed by atoms with Gasteiger partial charge in [-0.05, 0) is 39.5 Å². The van der Waals surface area contributed by atoms with Gasteiger partial charge in [-0.15, -0.1) is 0 Å². The minimum atomic E-state index is 0.201. The summed E-state index contributed by atoms with van der Waals surface area (Å²) in [6.07, 6.45) is 5.52. The maximum atomic E-state index is 5.80. The van der Waals surface area contributed by atoms with Gasteiger partial charge in [0, 0.05) is 18.1 Å². The van der Waals surface area contributed by atoms with Gasteiger partial charge in [-0.1, -0.05) is 12.8 Å². The van der Waals surface area contributed by atoms with Crippen LogP contribution in [-0.2, 0) is 0 Å². The van der Waals surface area contributed by atoms with E-state index in [9.17, 15) is 0 Å². The maximum absolute atomic E-state index is 5.80. The third-order valence-corrected chi connectivity index (χ3v) is 2.84. The van der Waals surface area contributed by atoms with E-state index in [4.69, 9.17) is 5.73 Å². The molecule has 0 saturated heterocycles. The molecule has 1 fully saturated rings. The fourth-order valence-corrected chi connectivity index (χ4v) is 2.29. The van der Waals surface area contributed by atoms with E-state index in [2.05, 4.69) is 26.1 Å². The Labute approximate surface area is 82.3 Å². The number of hydrogen-bond acceptors (Lipinski definition) is 2. The second-order valence-electron chi connectivity index (χ2n) is 5.28. The molecule has 0 spiro atoms. The summed E-state index contributed by atoms with van der Waals surface area (Å²) in [5.74, 6) is 0.823. The van der Waals surface area contributed by atoms with Gasteiger partial charge >= 0.3 is 0 Å². The standard InChI is InChI=1S/C11H24N2/c1-11(2,3)13-10(8-12)9-6-4-5-7-9/h9-10,13H,4-8,12H2,1-3H3. The van der Waals surface area contributed by atoms with Crippen molar-refractivity contribution in [2.45, 2.75) is 58.0 Å². The van der Waals surface area contributed by atoms with Crippen molar-refractivity contribution >= 4 is 0 Å². The van der Waals surface area contributed by atoms with E-state index >= 15 is 0 Å². The summed E-state index contributed by atoms with van der Waals surface area (Å²) in [5.41, 5.74) is 6.00. The van der Waals surface area contributed by atoms with E-state index in [0.29, 0.717) is 6.04 Å². The molecule has 1 rings (SSSR count). The molecule has 0 aromatic heterocycles. The second-order valence-corrected chi connectivity index (χ2v) is 5.28. The first kappa shape index (κ1) is 11.0. The third-order valence-electron chi connectivity index (χ3n) is 2.84. The van der Waals surface area contributed by atoms with Crippen molar-refractivity contribution in [3.05, 3.63) is 0 Å². The summed E-state index contributed by atoms with van der Waals surface area (Å²) >= 11 is 0. The Morgan fingerprint density at radius 3 is 2.23 bits per heavy atom. The van der Waals surface area contributed by atoms with E-state index in [0.717, 1.165) is 12.5 Å². The predicted molar refractivity (Wildman–Crippen MR) is 57.7 cm³/mol. The SMILES string of the molecule is CC(C)(C)NC(CN)C1CCCC1. The molecule has 0 aliphatic heterocycles. The molecule has 1 aliphatic carbocycles. The van der Waals surface area contributed by atoms with Crippen molar-refractivity contribution in [1.29, 1.82) is 0 Å². The molecule has 78 valence electrons. The highest BCUT2D eigenvalue weighted by atomic mass is 15.0. The quantitative estimate of drug-likeness (QED) is 0.703. The predicted octanol–water partition coefficient (Wildman–Crippen LogP) is 1.89. The van der Waals surface area contributed by atoms with Crippen LogP contribution in [0.4, 0.5) is 0 Å². The average Bonchev–Trinajstić information content (AvgIpc) is 2.50. The zero-order valence-corrected chi connectivity index (χ0v) is 9.27. The molecule has 1 saturated carbocycles. The van der Waals surface area contributed by atoms with Gasteiger partial charge < -0.3 is 11.1 Å². The lowest BCUT2D eigenvalue weighted by molar-refractivity contribution is 0.286. The summed E-state index contributed by atoms with van der Waals surface area (Å²) in [4.78, 5) is 0. The first-order valence-electron chi connectivity index (χ1n) is 5.51. The Balaban J connectivity index is 2.42.